The lowest BCUT2D eigenvalue weighted by Gasteiger charge is -2.16. The summed E-state index contributed by atoms with van der Waals surface area (Å²) in [5, 5.41) is 4.30. The molecule has 4 aromatic rings. The first-order valence-electron chi connectivity index (χ1n) is 9.39. The first-order chi connectivity index (χ1) is 13.6. The van der Waals surface area contributed by atoms with Gasteiger partial charge in [0.2, 0.25) is 5.89 Å². The van der Waals surface area contributed by atoms with E-state index in [9.17, 15) is 0 Å². The summed E-state index contributed by atoms with van der Waals surface area (Å²) in [7, 11) is 2.10. The topological polar surface area (TPSA) is 47.1 Å². The van der Waals surface area contributed by atoms with Crippen LogP contribution in [0.5, 0.6) is 0 Å². The predicted octanol–water partition coefficient (Wildman–Crippen LogP) is 4.78. The van der Waals surface area contributed by atoms with E-state index in [1.165, 1.54) is 11.1 Å². The molecule has 0 spiro atoms. The molecule has 0 saturated heterocycles. The van der Waals surface area contributed by atoms with Crippen molar-refractivity contribution in [3.05, 3.63) is 89.6 Å². The summed E-state index contributed by atoms with van der Waals surface area (Å²) < 4.78 is 7.80. The Hall–Kier alpha value is -3.18. The highest BCUT2D eigenvalue weighted by molar-refractivity contribution is 5.54. The fourth-order valence-corrected chi connectivity index (χ4v) is 3.32. The van der Waals surface area contributed by atoms with Gasteiger partial charge in [0.15, 0.2) is 0 Å². The van der Waals surface area contributed by atoms with Crippen molar-refractivity contribution in [3.63, 3.8) is 0 Å². The number of aromatic nitrogens is 3. The minimum atomic E-state index is 0.685. The summed E-state index contributed by atoms with van der Waals surface area (Å²) in [4.78, 5) is 6.98. The van der Waals surface area contributed by atoms with E-state index in [1.807, 2.05) is 36.0 Å². The van der Waals surface area contributed by atoms with Crippen LogP contribution in [0.2, 0.25) is 0 Å². The van der Waals surface area contributed by atoms with Crippen LogP contribution >= 0.6 is 0 Å². The minimum Gasteiger partial charge on any atom is -0.441 e. The monoisotopic (exact) mass is 372 g/mol. The van der Waals surface area contributed by atoms with Crippen molar-refractivity contribution < 1.29 is 4.42 Å². The molecule has 0 aliphatic carbocycles. The summed E-state index contributed by atoms with van der Waals surface area (Å²) in [6.07, 6.45) is 3.74. The van der Waals surface area contributed by atoms with Crippen LogP contribution in [0.3, 0.4) is 0 Å². The molecule has 5 heteroatoms. The van der Waals surface area contributed by atoms with Crippen molar-refractivity contribution >= 4 is 0 Å². The van der Waals surface area contributed by atoms with Crippen LogP contribution in [0.15, 0.2) is 71.4 Å². The number of benzene rings is 2. The Balaban J connectivity index is 1.47. The molecule has 4 rings (SSSR count). The van der Waals surface area contributed by atoms with Gasteiger partial charge in [0.05, 0.1) is 11.4 Å². The van der Waals surface area contributed by atoms with Gasteiger partial charge in [0, 0.05) is 31.0 Å². The zero-order valence-corrected chi connectivity index (χ0v) is 16.5. The first-order valence-corrected chi connectivity index (χ1v) is 9.39. The molecule has 0 aliphatic rings. The second-order valence-corrected chi connectivity index (χ2v) is 7.18. The van der Waals surface area contributed by atoms with Crippen LogP contribution in [0.4, 0.5) is 0 Å². The fourth-order valence-electron chi connectivity index (χ4n) is 3.32. The molecule has 0 saturated carbocycles. The van der Waals surface area contributed by atoms with Gasteiger partial charge in [-0.2, -0.15) is 5.10 Å². The number of hydrogen-bond acceptors (Lipinski definition) is 4. The number of nitrogens with zero attached hydrogens (tertiary/aromatic N) is 4. The van der Waals surface area contributed by atoms with E-state index in [0.717, 1.165) is 35.8 Å². The number of aryl methyl sites for hydroxylation is 2. The maximum atomic E-state index is 5.93. The highest BCUT2D eigenvalue weighted by Crippen LogP contribution is 2.23. The summed E-state index contributed by atoms with van der Waals surface area (Å²) in [6, 6.07) is 18.6. The van der Waals surface area contributed by atoms with E-state index in [1.54, 1.807) is 6.20 Å². The van der Waals surface area contributed by atoms with Gasteiger partial charge in [-0.1, -0.05) is 29.8 Å². The third-order valence-electron chi connectivity index (χ3n) is 4.71. The SMILES string of the molecule is Cc1cccc(-c2nc(CN(C)Cc3cccc(-n4cccn4)c3)c(C)o2)c1. The third-order valence-corrected chi connectivity index (χ3v) is 4.71. The maximum Gasteiger partial charge on any atom is 0.226 e. The van der Waals surface area contributed by atoms with E-state index in [0.29, 0.717) is 5.89 Å². The number of oxazole rings is 1. The second-order valence-electron chi connectivity index (χ2n) is 7.18. The Morgan fingerprint density at radius 1 is 1.00 bits per heavy atom. The molecule has 0 amide bonds. The summed E-state index contributed by atoms with van der Waals surface area (Å²) >= 11 is 0. The molecule has 0 fully saturated rings. The number of rotatable bonds is 6. The molecule has 0 N–H and O–H groups in total. The molecule has 0 atom stereocenters. The molecule has 28 heavy (non-hydrogen) atoms. The molecule has 142 valence electrons. The summed E-state index contributed by atoms with van der Waals surface area (Å²) in [5.41, 5.74) is 5.49. The Morgan fingerprint density at radius 2 is 1.86 bits per heavy atom. The molecule has 0 unspecified atom stereocenters. The van der Waals surface area contributed by atoms with Crippen LogP contribution in [0.1, 0.15) is 22.6 Å². The van der Waals surface area contributed by atoms with E-state index in [-0.39, 0.29) is 0 Å². The van der Waals surface area contributed by atoms with E-state index < -0.39 is 0 Å². The van der Waals surface area contributed by atoms with E-state index >= 15 is 0 Å². The van der Waals surface area contributed by atoms with Gasteiger partial charge in [0.25, 0.3) is 0 Å². The van der Waals surface area contributed by atoms with E-state index in [4.69, 9.17) is 9.40 Å². The van der Waals surface area contributed by atoms with Crippen LogP contribution in [-0.4, -0.2) is 26.7 Å². The molecular weight excluding hydrogens is 348 g/mol. The van der Waals surface area contributed by atoms with Crippen LogP contribution < -0.4 is 0 Å². The Kier molecular flexibility index (Phi) is 5.08. The van der Waals surface area contributed by atoms with Gasteiger partial charge in [-0.05, 0) is 56.8 Å². The van der Waals surface area contributed by atoms with Crippen molar-refractivity contribution in [2.24, 2.45) is 0 Å². The molecule has 0 aliphatic heterocycles. The molecule has 0 bridgehead atoms. The van der Waals surface area contributed by atoms with Gasteiger partial charge >= 0.3 is 0 Å². The summed E-state index contributed by atoms with van der Waals surface area (Å²) in [6.45, 7) is 5.60. The van der Waals surface area contributed by atoms with Crippen LogP contribution in [-0.2, 0) is 13.1 Å². The zero-order valence-electron chi connectivity index (χ0n) is 16.5. The lowest BCUT2D eigenvalue weighted by Crippen LogP contribution is -2.18. The lowest BCUT2D eigenvalue weighted by molar-refractivity contribution is 0.313. The quantitative estimate of drug-likeness (QED) is 0.489. The van der Waals surface area contributed by atoms with Crippen molar-refractivity contribution in [3.8, 4) is 17.1 Å². The largest absolute Gasteiger partial charge is 0.441 e. The Labute approximate surface area is 165 Å². The highest BCUT2D eigenvalue weighted by atomic mass is 16.4. The van der Waals surface area contributed by atoms with Crippen molar-refractivity contribution in [1.82, 2.24) is 19.7 Å². The van der Waals surface area contributed by atoms with E-state index in [2.05, 4.69) is 60.4 Å². The van der Waals surface area contributed by atoms with Crippen molar-refractivity contribution in [2.75, 3.05) is 7.05 Å². The van der Waals surface area contributed by atoms with Gasteiger partial charge in [-0.25, -0.2) is 9.67 Å². The standard InChI is InChI=1S/C23H24N4O/c1-17-7-4-9-20(13-17)23-25-22(18(2)28-23)16-26(3)15-19-8-5-10-21(14-19)27-12-6-11-24-27/h4-14H,15-16H2,1-3H3. The summed E-state index contributed by atoms with van der Waals surface area (Å²) in [5.74, 6) is 1.55. The number of hydrogen-bond donors (Lipinski definition) is 0. The molecular formula is C23H24N4O. The lowest BCUT2D eigenvalue weighted by atomic mass is 10.1. The first kappa shape index (κ1) is 18.2. The van der Waals surface area contributed by atoms with Gasteiger partial charge < -0.3 is 4.42 Å². The average molecular weight is 372 g/mol. The molecule has 2 heterocycles. The average Bonchev–Trinajstić information content (AvgIpc) is 3.33. The third kappa shape index (κ3) is 4.05. The molecule has 5 nitrogen and oxygen atoms in total. The minimum absolute atomic E-state index is 0.685. The van der Waals surface area contributed by atoms with Crippen LogP contribution in [0.25, 0.3) is 17.1 Å². The molecule has 0 radical (unpaired) electrons. The Morgan fingerprint density at radius 3 is 2.64 bits per heavy atom. The predicted molar refractivity (Wildman–Crippen MR) is 110 cm³/mol. The molecule has 2 aromatic heterocycles. The zero-order chi connectivity index (χ0) is 19.5. The normalized spacial score (nSPS) is 11.3. The molecule has 2 aromatic carbocycles. The van der Waals surface area contributed by atoms with Gasteiger partial charge in [0.1, 0.15) is 5.76 Å². The second kappa shape index (κ2) is 7.82. The fraction of sp³-hybridized carbons (Fsp3) is 0.217. The highest BCUT2D eigenvalue weighted by Gasteiger charge is 2.14. The Bertz CT molecular complexity index is 1070. The van der Waals surface area contributed by atoms with Crippen molar-refractivity contribution in [2.45, 2.75) is 26.9 Å². The van der Waals surface area contributed by atoms with Crippen LogP contribution in [0, 0.1) is 13.8 Å². The van der Waals surface area contributed by atoms with Gasteiger partial charge in [-0.3, -0.25) is 4.90 Å². The maximum absolute atomic E-state index is 5.93. The van der Waals surface area contributed by atoms with Crippen molar-refractivity contribution in [1.29, 1.82) is 0 Å². The van der Waals surface area contributed by atoms with Gasteiger partial charge in [-0.15, -0.1) is 0 Å². The smallest absolute Gasteiger partial charge is 0.226 e.